The summed E-state index contributed by atoms with van der Waals surface area (Å²) in [6.07, 6.45) is 0. The Hall–Kier alpha value is -1.35. The summed E-state index contributed by atoms with van der Waals surface area (Å²) in [7, 11) is 1.86. The Morgan fingerprint density at radius 1 is 1.41 bits per heavy atom. The molecule has 3 nitrogen and oxygen atoms in total. The van der Waals surface area contributed by atoms with Crippen molar-refractivity contribution in [1.82, 2.24) is 10.2 Å². The number of carbonyl (C=O) groups excluding carboxylic acids is 1. The summed E-state index contributed by atoms with van der Waals surface area (Å²) >= 11 is 0. The van der Waals surface area contributed by atoms with Crippen LogP contribution < -0.4 is 5.32 Å². The van der Waals surface area contributed by atoms with Gasteiger partial charge >= 0.3 is 0 Å². The molecular weight excluding hydrogens is 212 g/mol. The third-order valence-corrected chi connectivity index (χ3v) is 3.68. The minimum absolute atomic E-state index is 0.112. The molecule has 0 saturated carbocycles. The van der Waals surface area contributed by atoms with E-state index in [4.69, 9.17) is 0 Å². The third-order valence-electron chi connectivity index (χ3n) is 3.68. The first kappa shape index (κ1) is 12.1. The number of likely N-dealkylation sites (N-methyl/N-ethyl adjacent to an activating group) is 2. The van der Waals surface area contributed by atoms with E-state index in [-0.39, 0.29) is 17.9 Å². The highest BCUT2D eigenvalue weighted by molar-refractivity contribution is 5.83. The summed E-state index contributed by atoms with van der Waals surface area (Å²) in [6, 6.07) is 8.24. The van der Waals surface area contributed by atoms with Crippen molar-refractivity contribution in [1.29, 1.82) is 0 Å². The topological polar surface area (TPSA) is 32.3 Å². The molecule has 0 saturated heterocycles. The van der Waals surface area contributed by atoms with E-state index in [1.54, 1.807) is 0 Å². The van der Waals surface area contributed by atoms with E-state index in [0.717, 1.165) is 13.1 Å². The standard InChI is InChI=1S/C14H20N2O/c1-4-16-9-11-7-5-6-8-12(11)10(2)13(15-3)14(16)17/h5-8,10,13,15H,4,9H2,1-3H3. The molecule has 1 aliphatic heterocycles. The fourth-order valence-electron chi connectivity index (χ4n) is 2.64. The molecule has 2 rings (SSSR count). The summed E-state index contributed by atoms with van der Waals surface area (Å²) in [5.74, 6) is 0.430. The Bertz CT molecular complexity index is 416. The first-order chi connectivity index (χ1) is 8.19. The van der Waals surface area contributed by atoms with Crippen molar-refractivity contribution in [3.05, 3.63) is 35.4 Å². The Morgan fingerprint density at radius 2 is 2.12 bits per heavy atom. The molecule has 0 spiro atoms. The largest absolute Gasteiger partial charge is 0.337 e. The second-order valence-corrected chi connectivity index (χ2v) is 4.61. The minimum atomic E-state index is -0.112. The molecule has 0 fully saturated rings. The molecule has 1 N–H and O–H groups in total. The van der Waals surface area contributed by atoms with Crippen LogP contribution in [0.5, 0.6) is 0 Å². The van der Waals surface area contributed by atoms with E-state index in [2.05, 4.69) is 24.4 Å². The van der Waals surface area contributed by atoms with Crippen molar-refractivity contribution in [3.8, 4) is 0 Å². The summed E-state index contributed by atoms with van der Waals surface area (Å²) in [5.41, 5.74) is 2.56. The van der Waals surface area contributed by atoms with Gasteiger partial charge in [0, 0.05) is 19.0 Å². The molecule has 0 radical (unpaired) electrons. The minimum Gasteiger partial charge on any atom is -0.337 e. The van der Waals surface area contributed by atoms with Crippen LogP contribution in [0.15, 0.2) is 24.3 Å². The number of rotatable bonds is 2. The van der Waals surface area contributed by atoms with Gasteiger partial charge in [0.15, 0.2) is 0 Å². The first-order valence-corrected chi connectivity index (χ1v) is 6.22. The second kappa shape index (κ2) is 4.88. The van der Waals surface area contributed by atoms with Gasteiger partial charge in [0.2, 0.25) is 5.91 Å². The van der Waals surface area contributed by atoms with E-state index in [1.165, 1.54) is 11.1 Å². The smallest absolute Gasteiger partial charge is 0.240 e. The maximum Gasteiger partial charge on any atom is 0.240 e. The van der Waals surface area contributed by atoms with Gasteiger partial charge in [-0.3, -0.25) is 4.79 Å². The van der Waals surface area contributed by atoms with E-state index < -0.39 is 0 Å². The van der Waals surface area contributed by atoms with Gasteiger partial charge in [-0.25, -0.2) is 0 Å². The zero-order valence-electron chi connectivity index (χ0n) is 10.7. The van der Waals surface area contributed by atoms with E-state index >= 15 is 0 Å². The van der Waals surface area contributed by atoms with Gasteiger partial charge in [-0.1, -0.05) is 31.2 Å². The number of hydrogen-bond donors (Lipinski definition) is 1. The molecule has 0 aromatic heterocycles. The lowest BCUT2D eigenvalue weighted by Gasteiger charge is -2.25. The summed E-state index contributed by atoms with van der Waals surface area (Å²) in [4.78, 5) is 14.3. The average molecular weight is 232 g/mol. The molecule has 2 atom stereocenters. The number of benzene rings is 1. The van der Waals surface area contributed by atoms with E-state index in [9.17, 15) is 4.79 Å². The van der Waals surface area contributed by atoms with E-state index in [0.29, 0.717) is 0 Å². The number of fused-ring (bicyclic) bond motifs is 1. The first-order valence-electron chi connectivity index (χ1n) is 6.22. The van der Waals surface area contributed by atoms with Gasteiger partial charge in [0.25, 0.3) is 0 Å². The van der Waals surface area contributed by atoms with Gasteiger partial charge in [-0.15, -0.1) is 0 Å². The number of nitrogens with zero attached hydrogens (tertiary/aromatic N) is 1. The molecule has 1 aromatic carbocycles. The third kappa shape index (κ3) is 2.07. The maximum absolute atomic E-state index is 12.3. The van der Waals surface area contributed by atoms with Crippen LogP contribution in [0.2, 0.25) is 0 Å². The lowest BCUT2D eigenvalue weighted by atomic mass is 9.91. The van der Waals surface area contributed by atoms with Crippen LogP contribution in [0.3, 0.4) is 0 Å². The highest BCUT2D eigenvalue weighted by Gasteiger charge is 2.32. The quantitative estimate of drug-likeness (QED) is 0.842. The molecule has 3 heteroatoms. The van der Waals surface area contributed by atoms with Crippen LogP contribution in [0.1, 0.15) is 30.9 Å². The molecule has 1 aliphatic rings. The van der Waals surface area contributed by atoms with Gasteiger partial charge < -0.3 is 10.2 Å². The van der Waals surface area contributed by atoms with Crippen LogP contribution in [-0.4, -0.2) is 30.4 Å². The van der Waals surface area contributed by atoms with Crippen molar-refractivity contribution in [2.45, 2.75) is 32.4 Å². The van der Waals surface area contributed by atoms with Crippen LogP contribution in [-0.2, 0) is 11.3 Å². The lowest BCUT2D eigenvalue weighted by Crippen LogP contribution is -2.45. The predicted octanol–water partition coefficient (Wildman–Crippen LogP) is 1.74. The van der Waals surface area contributed by atoms with Crippen molar-refractivity contribution in [2.75, 3.05) is 13.6 Å². The van der Waals surface area contributed by atoms with Gasteiger partial charge in [-0.2, -0.15) is 0 Å². The molecule has 1 heterocycles. The Kier molecular flexibility index (Phi) is 3.48. The SMILES string of the molecule is CCN1Cc2ccccc2C(C)C(NC)C1=O. The van der Waals surface area contributed by atoms with Crippen LogP contribution in [0.4, 0.5) is 0 Å². The van der Waals surface area contributed by atoms with Gasteiger partial charge in [0.1, 0.15) is 0 Å². The summed E-state index contributed by atoms with van der Waals surface area (Å²) in [6.45, 7) is 5.65. The van der Waals surface area contributed by atoms with Crippen molar-refractivity contribution >= 4 is 5.91 Å². The normalized spacial score (nSPS) is 24.4. The second-order valence-electron chi connectivity index (χ2n) is 4.61. The van der Waals surface area contributed by atoms with E-state index in [1.807, 2.05) is 31.0 Å². The molecule has 1 aromatic rings. The zero-order valence-corrected chi connectivity index (χ0v) is 10.7. The molecule has 1 amide bonds. The molecule has 2 unspecified atom stereocenters. The van der Waals surface area contributed by atoms with Crippen LogP contribution >= 0.6 is 0 Å². The van der Waals surface area contributed by atoms with Gasteiger partial charge in [0.05, 0.1) is 6.04 Å². The molecule has 92 valence electrons. The van der Waals surface area contributed by atoms with Crippen LogP contribution in [0, 0.1) is 0 Å². The van der Waals surface area contributed by atoms with Crippen LogP contribution in [0.25, 0.3) is 0 Å². The zero-order chi connectivity index (χ0) is 12.4. The summed E-state index contributed by atoms with van der Waals surface area (Å²) < 4.78 is 0. The fraction of sp³-hybridized carbons (Fsp3) is 0.500. The number of carbonyl (C=O) groups is 1. The highest BCUT2D eigenvalue weighted by Crippen LogP contribution is 2.28. The van der Waals surface area contributed by atoms with Crippen molar-refractivity contribution in [3.63, 3.8) is 0 Å². The molecule has 17 heavy (non-hydrogen) atoms. The monoisotopic (exact) mass is 232 g/mol. The summed E-state index contributed by atoms with van der Waals surface area (Å²) in [5, 5.41) is 3.16. The fourth-order valence-corrected chi connectivity index (χ4v) is 2.64. The highest BCUT2D eigenvalue weighted by atomic mass is 16.2. The molecule has 0 bridgehead atoms. The number of amides is 1. The predicted molar refractivity (Wildman–Crippen MR) is 68.8 cm³/mol. The maximum atomic E-state index is 12.3. The average Bonchev–Trinajstić information content (AvgIpc) is 2.45. The number of hydrogen-bond acceptors (Lipinski definition) is 2. The Labute approximate surface area is 103 Å². The Morgan fingerprint density at radius 3 is 2.76 bits per heavy atom. The van der Waals surface area contributed by atoms with Crippen molar-refractivity contribution < 1.29 is 4.79 Å². The Balaban J connectivity index is 2.46. The van der Waals surface area contributed by atoms with Gasteiger partial charge in [-0.05, 0) is 25.1 Å². The lowest BCUT2D eigenvalue weighted by molar-refractivity contribution is -0.133. The van der Waals surface area contributed by atoms with Crippen molar-refractivity contribution in [2.24, 2.45) is 0 Å². The molecular formula is C14H20N2O. The molecule has 0 aliphatic carbocycles. The number of nitrogens with one attached hydrogen (secondary N) is 1.